The zero-order valence-electron chi connectivity index (χ0n) is 11.9. The summed E-state index contributed by atoms with van der Waals surface area (Å²) in [6.45, 7) is 5.36. The molecule has 1 heterocycles. The average molecular weight is 279 g/mol. The number of hydrogen-bond donors (Lipinski definition) is 1. The van der Waals surface area contributed by atoms with Crippen LogP contribution in [0.2, 0.25) is 0 Å². The highest BCUT2D eigenvalue weighted by atomic mass is 19.1. The number of rotatable bonds is 4. The van der Waals surface area contributed by atoms with Crippen molar-refractivity contribution in [3.63, 3.8) is 0 Å². The SMILES string of the molecule is CCC(CN)C(=O)N1CCN(c2ccc(F)cc2)CC1. The number of hydrogen-bond acceptors (Lipinski definition) is 3. The summed E-state index contributed by atoms with van der Waals surface area (Å²) in [5.41, 5.74) is 6.63. The lowest BCUT2D eigenvalue weighted by Crippen LogP contribution is -2.51. The molecule has 5 heteroatoms. The maximum absolute atomic E-state index is 12.9. The van der Waals surface area contributed by atoms with E-state index in [1.54, 1.807) is 12.1 Å². The standard InChI is InChI=1S/C15H22FN3O/c1-2-12(11-17)15(20)19-9-7-18(8-10-19)14-5-3-13(16)4-6-14/h3-6,12H,2,7-11,17H2,1H3. The third-order valence-electron chi connectivity index (χ3n) is 3.91. The number of halogens is 1. The third-order valence-corrected chi connectivity index (χ3v) is 3.91. The van der Waals surface area contributed by atoms with E-state index < -0.39 is 0 Å². The molecule has 110 valence electrons. The van der Waals surface area contributed by atoms with Crippen LogP contribution in [0.1, 0.15) is 13.3 Å². The molecule has 1 aliphatic rings. The van der Waals surface area contributed by atoms with Crippen molar-refractivity contribution < 1.29 is 9.18 Å². The van der Waals surface area contributed by atoms with Crippen molar-refractivity contribution in [3.05, 3.63) is 30.1 Å². The molecule has 0 radical (unpaired) electrons. The van der Waals surface area contributed by atoms with Crippen LogP contribution in [-0.2, 0) is 4.79 Å². The van der Waals surface area contributed by atoms with E-state index in [4.69, 9.17) is 5.73 Å². The Morgan fingerprint density at radius 2 is 1.85 bits per heavy atom. The van der Waals surface area contributed by atoms with Gasteiger partial charge >= 0.3 is 0 Å². The normalized spacial score (nSPS) is 17.1. The Hall–Kier alpha value is -1.62. The molecule has 0 bridgehead atoms. The lowest BCUT2D eigenvalue weighted by Gasteiger charge is -2.37. The maximum atomic E-state index is 12.9. The molecule has 1 atom stereocenters. The number of benzene rings is 1. The van der Waals surface area contributed by atoms with Crippen molar-refractivity contribution in [2.24, 2.45) is 11.7 Å². The largest absolute Gasteiger partial charge is 0.368 e. The molecule has 1 saturated heterocycles. The Labute approximate surface area is 119 Å². The van der Waals surface area contributed by atoms with Gasteiger partial charge in [-0.25, -0.2) is 4.39 Å². The van der Waals surface area contributed by atoms with Gasteiger partial charge in [-0.05, 0) is 30.7 Å². The molecule has 2 N–H and O–H groups in total. The van der Waals surface area contributed by atoms with Gasteiger partial charge < -0.3 is 15.5 Å². The van der Waals surface area contributed by atoms with E-state index in [9.17, 15) is 9.18 Å². The smallest absolute Gasteiger partial charge is 0.227 e. The molecule has 1 aliphatic heterocycles. The van der Waals surface area contributed by atoms with E-state index in [1.807, 2.05) is 11.8 Å². The van der Waals surface area contributed by atoms with Gasteiger partial charge in [0.1, 0.15) is 5.82 Å². The van der Waals surface area contributed by atoms with Gasteiger partial charge in [-0.15, -0.1) is 0 Å². The molecule has 0 aliphatic carbocycles. The van der Waals surface area contributed by atoms with Crippen molar-refractivity contribution in [3.8, 4) is 0 Å². The van der Waals surface area contributed by atoms with Crippen molar-refractivity contribution >= 4 is 11.6 Å². The maximum Gasteiger partial charge on any atom is 0.227 e. The molecule has 2 rings (SSSR count). The lowest BCUT2D eigenvalue weighted by molar-refractivity contribution is -0.135. The Balaban J connectivity index is 1.92. The first-order valence-corrected chi connectivity index (χ1v) is 7.15. The molecule has 20 heavy (non-hydrogen) atoms. The zero-order chi connectivity index (χ0) is 14.5. The van der Waals surface area contributed by atoms with Crippen LogP contribution in [0, 0.1) is 11.7 Å². The van der Waals surface area contributed by atoms with E-state index >= 15 is 0 Å². The van der Waals surface area contributed by atoms with E-state index in [0.29, 0.717) is 19.6 Å². The van der Waals surface area contributed by atoms with Crippen molar-refractivity contribution in [1.29, 1.82) is 0 Å². The van der Waals surface area contributed by atoms with Gasteiger partial charge in [0.15, 0.2) is 0 Å². The van der Waals surface area contributed by atoms with Gasteiger partial charge in [0.2, 0.25) is 5.91 Å². The quantitative estimate of drug-likeness (QED) is 0.908. The first-order valence-electron chi connectivity index (χ1n) is 7.15. The van der Waals surface area contributed by atoms with Crippen molar-refractivity contribution in [2.45, 2.75) is 13.3 Å². The summed E-state index contributed by atoms with van der Waals surface area (Å²) in [4.78, 5) is 16.3. The van der Waals surface area contributed by atoms with Crippen LogP contribution in [0.4, 0.5) is 10.1 Å². The topological polar surface area (TPSA) is 49.6 Å². The molecular weight excluding hydrogens is 257 g/mol. The fraction of sp³-hybridized carbons (Fsp3) is 0.533. The van der Waals surface area contributed by atoms with Crippen LogP contribution in [0.5, 0.6) is 0 Å². The first kappa shape index (κ1) is 14.8. The Morgan fingerprint density at radius 3 is 2.35 bits per heavy atom. The predicted octanol–water partition coefficient (Wildman–Crippen LogP) is 1.46. The van der Waals surface area contributed by atoms with E-state index in [-0.39, 0.29) is 17.6 Å². The average Bonchev–Trinajstić information content (AvgIpc) is 2.49. The van der Waals surface area contributed by atoms with Crippen LogP contribution in [0.25, 0.3) is 0 Å². The monoisotopic (exact) mass is 279 g/mol. The fourth-order valence-corrected chi connectivity index (χ4v) is 2.54. The van der Waals surface area contributed by atoms with E-state index in [0.717, 1.165) is 25.2 Å². The summed E-state index contributed by atoms with van der Waals surface area (Å²) >= 11 is 0. The van der Waals surface area contributed by atoms with Gasteiger partial charge in [0.05, 0.1) is 5.92 Å². The minimum absolute atomic E-state index is 0.0626. The number of carbonyl (C=O) groups is 1. The second-order valence-electron chi connectivity index (χ2n) is 5.13. The number of amides is 1. The minimum Gasteiger partial charge on any atom is -0.368 e. The molecule has 1 fully saturated rings. The summed E-state index contributed by atoms with van der Waals surface area (Å²) in [6.07, 6.45) is 0.785. The number of anilines is 1. The van der Waals surface area contributed by atoms with Crippen LogP contribution >= 0.6 is 0 Å². The summed E-state index contributed by atoms with van der Waals surface area (Å²) < 4.78 is 12.9. The number of carbonyl (C=O) groups excluding carboxylic acids is 1. The molecule has 1 aromatic carbocycles. The van der Waals surface area contributed by atoms with E-state index in [2.05, 4.69) is 4.90 Å². The highest BCUT2D eigenvalue weighted by Crippen LogP contribution is 2.18. The van der Waals surface area contributed by atoms with Crippen molar-refractivity contribution in [1.82, 2.24) is 4.90 Å². The Morgan fingerprint density at radius 1 is 1.25 bits per heavy atom. The summed E-state index contributed by atoms with van der Waals surface area (Å²) in [5, 5.41) is 0. The highest BCUT2D eigenvalue weighted by molar-refractivity contribution is 5.79. The molecular formula is C15H22FN3O. The second-order valence-corrected chi connectivity index (χ2v) is 5.13. The molecule has 1 unspecified atom stereocenters. The Kier molecular flexibility index (Phi) is 4.95. The second kappa shape index (κ2) is 6.70. The highest BCUT2D eigenvalue weighted by Gasteiger charge is 2.25. The fourth-order valence-electron chi connectivity index (χ4n) is 2.54. The van der Waals surface area contributed by atoms with Gasteiger partial charge in [-0.1, -0.05) is 6.92 Å². The summed E-state index contributed by atoms with van der Waals surface area (Å²) in [6, 6.07) is 6.49. The summed E-state index contributed by atoms with van der Waals surface area (Å²) in [5.74, 6) is -0.127. The van der Waals surface area contributed by atoms with Crippen LogP contribution in [-0.4, -0.2) is 43.5 Å². The third kappa shape index (κ3) is 3.28. The van der Waals surface area contributed by atoms with Crippen molar-refractivity contribution in [2.75, 3.05) is 37.6 Å². The number of nitrogens with two attached hydrogens (primary N) is 1. The zero-order valence-corrected chi connectivity index (χ0v) is 11.9. The number of piperazine rings is 1. The molecule has 0 saturated carbocycles. The molecule has 4 nitrogen and oxygen atoms in total. The predicted molar refractivity (Wildman–Crippen MR) is 78.0 cm³/mol. The van der Waals surface area contributed by atoms with E-state index in [1.165, 1.54) is 12.1 Å². The van der Waals surface area contributed by atoms with Crippen LogP contribution in [0.3, 0.4) is 0 Å². The molecule has 1 amide bonds. The van der Waals surface area contributed by atoms with Crippen LogP contribution in [0.15, 0.2) is 24.3 Å². The van der Waals surface area contributed by atoms with Gasteiger partial charge in [0.25, 0.3) is 0 Å². The minimum atomic E-state index is -0.226. The molecule has 0 aromatic heterocycles. The van der Waals surface area contributed by atoms with Gasteiger partial charge in [0, 0.05) is 38.4 Å². The van der Waals surface area contributed by atoms with Gasteiger partial charge in [-0.3, -0.25) is 4.79 Å². The molecule has 1 aromatic rings. The Bertz CT molecular complexity index is 437. The van der Waals surface area contributed by atoms with Gasteiger partial charge in [-0.2, -0.15) is 0 Å². The number of nitrogens with zero attached hydrogens (tertiary/aromatic N) is 2. The van der Waals surface area contributed by atoms with Crippen LogP contribution < -0.4 is 10.6 Å². The molecule has 0 spiro atoms. The first-order chi connectivity index (χ1) is 9.65. The summed E-state index contributed by atoms with van der Waals surface area (Å²) in [7, 11) is 0. The lowest BCUT2D eigenvalue weighted by atomic mass is 10.0.